The Morgan fingerprint density at radius 1 is 1.14 bits per heavy atom. The Morgan fingerprint density at radius 2 is 1.90 bits per heavy atom. The van der Waals surface area contributed by atoms with Gasteiger partial charge in [-0.25, -0.2) is 13.4 Å². The zero-order valence-electron chi connectivity index (χ0n) is 16.0. The van der Waals surface area contributed by atoms with Gasteiger partial charge in [0.05, 0.1) is 36.5 Å². The molecule has 2 aliphatic rings. The van der Waals surface area contributed by atoms with Crippen LogP contribution in [-0.4, -0.2) is 48.9 Å². The molecule has 0 bridgehead atoms. The van der Waals surface area contributed by atoms with Gasteiger partial charge in [-0.15, -0.1) is 11.3 Å². The molecule has 0 radical (unpaired) electrons. The second kappa shape index (κ2) is 7.32. The number of nitrogens with one attached hydrogen (secondary N) is 2. The van der Waals surface area contributed by atoms with E-state index in [1.54, 1.807) is 39.9 Å². The van der Waals surface area contributed by atoms with Crippen LogP contribution < -0.4 is 10.5 Å². The van der Waals surface area contributed by atoms with Crippen LogP contribution in [-0.2, 0) is 29.4 Å². The summed E-state index contributed by atoms with van der Waals surface area (Å²) in [5.41, 5.74) is 1.16. The molecular formula is C20H23N4O3S2+. The van der Waals surface area contributed by atoms with Gasteiger partial charge in [0.25, 0.3) is 5.56 Å². The minimum absolute atomic E-state index is 0.0332. The summed E-state index contributed by atoms with van der Waals surface area (Å²) in [5, 5.41) is 0.778. The molecule has 1 aliphatic carbocycles. The molecule has 152 valence electrons. The molecule has 3 aromatic rings. The van der Waals surface area contributed by atoms with Gasteiger partial charge in [0, 0.05) is 4.88 Å². The molecule has 29 heavy (non-hydrogen) atoms. The van der Waals surface area contributed by atoms with Crippen molar-refractivity contribution < 1.29 is 13.3 Å². The van der Waals surface area contributed by atoms with Crippen molar-refractivity contribution in [2.24, 2.45) is 0 Å². The van der Waals surface area contributed by atoms with Gasteiger partial charge in [-0.05, 0) is 37.0 Å². The van der Waals surface area contributed by atoms with E-state index in [9.17, 15) is 13.2 Å². The van der Waals surface area contributed by atoms with Crippen LogP contribution in [0.15, 0.2) is 40.0 Å². The number of aryl methyl sites for hydroxylation is 2. The highest BCUT2D eigenvalue weighted by molar-refractivity contribution is 7.89. The van der Waals surface area contributed by atoms with E-state index in [2.05, 4.69) is 4.98 Å². The first kappa shape index (κ1) is 18.9. The monoisotopic (exact) mass is 431 g/mol. The van der Waals surface area contributed by atoms with Gasteiger partial charge >= 0.3 is 0 Å². The van der Waals surface area contributed by atoms with Gasteiger partial charge in [0.15, 0.2) is 5.82 Å². The highest BCUT2D eigenvalue weighted by atomic mass is 32.2. The van der Waals surface area contributed by atoms with Gasteiger partial charge in [-0.1, -0.05) is 18.2 Å². The first-order valence-corrected chi connectivity index (χ1v) is 12.2. The number of nitrogens with zero attached hydrogens (tertiary/aromatic N) is 2. The summed E-state index contributed by atoms with van der Waals surface area (Å²) >= 11 is 1.65. The normalized spacial score (nSPS) is 18.3. The predicted molar refractivity (Wildman–Crippen MR) is 112 cm³/mol. The molecule has 2 N–H and O–H groups in total. The number of fused-ring (bicyclic) bond motifs is 3. The van der Waals surface area contributed by atoms with Crippen molar-refractivity contribution in [3.63, 3.8) is 0 Å². The lowest BCUT2D eigenvalue weighted by molar-refractivity contribution is -0.917. The maximum atomic E-state index is 12.8. The van der Waals surface area contributed by atoms with E-state index in [0.717, 1.165) is 29.5 Å². The van der Waals surface area contributed by atoms with Gasteiger partial charge in [0.2, 0.25) is 10.0 Å². The van der Waals surface area contributed by atoms with Crippen molar-refractivity contribution in [1.82, 2.24) is 14.3 Å². The van der Waals surface area contributed by atoms with Crippen molar-refractivity contribution in [2.45, 2.75) is 30.7 Å². The first-order chi connectivity index (χ1) is 14.0. The Labute approximate surface area is 173 Å². The SMILES string of the molecule is O=c1[nH]c(C[NH+]2CCN(S(=O)(=O)c3ccccc3)CC2)nc2sc3c(c12)CCC3. The quantitative estimate of drug-likeness (QED) is 0.632. The minimum atomic E-state index is -3.44. The number of rotatable bonds is 4. The second-order valence-corrected chi connectivity index (χ2v) is 10.7. The lowest BCUT2D eigenvalue weighted by atomic mass is 10.2. The van der Waals surface area contributed by atoms with Crippen LogP contribution in [0.4, 0.5) is 0 Å². The summed E-state index contributed by atoms with van der Waals surface area (Å²) in [7, 11) is -3.44. The molecule has 3 heterocycles. The van der Waals surface area contributed by atoms with E-state index in [1.165, 1.54) is 15.3 Å². The second-order valence-electron chi connectivity index (χ2n) is 7.69. The Hall–Kier alpha value is -2.07. The number of quaternary nitrogens is 1. The van der Waals surface area contributed by atoms with Gasteiger partial charge in [-0.3, -0.25) is 4.79 Å². The Kier molecular flexibility index (Phi) is 4.78. The molecule has 1 saturated heterocycles. The maximum Gasteiger partial charge on any atom is 0.260 e. The Balaban J connectivity index is 1.29. The highest BCUT2D eigenvalue weighted by Gasteiger charge is 2.31. The summed E-state index contributed by atoms with van der Waals surface area (Å²) in [6.07, 6.45) is 3.15. The number of aromatic amines is 1. The summed E-state index contributed by atoms with van der Waals surface area (Å²) in [4.78, 5) is 24.0. The molecular weight excluding hydrogens is 408 g/mol. The lowest BCUT2D eigenvalue weighted by Gasteiger charge is -2.31. The van der Waals surface area contributed by atoms with Crippen LogP contribution in [0.5, 0.6) is 0 Å². The van der Waals surface area contributed by atoms with Crippen LogP contribution in [0.25, 0.3) is 10.2 Å². The topological polar surface area (TPSA) is 87.6 Å². The largest absolute Gasteiger partial charge is 0.326 e. The van der Waals surface area contributed by atoms with Crippen LogP contribution in [0.1, 0.15) is 22.7 Å². The molecule has 5 rings (SSSR count). The number of thiophene rings is 1. The Bertz CT molecular complexity index is 1210. The molecule has 1 aliphatic heterocycles. The molecule has 0 spiro atoms. The summed E-state index contributed by atoms with van der Waals surface area (Å²) in [6, 6.07) is 8.57. The number of aromatic nitrogens is 2. The van der Waals surface area contributed by atoms with Crippen LogP contribution in [0, 0.1) is 0 Å². The third-order valence-electron chi connectivity index (χ3n) is 5.85. The average molecular weight is 432 g/mol. The van der Waals surface area contributed by atoms with E-state index in [1.807, 2.05) is 6.07 Å². The molecule has 0 saturated carbocycles. The molecule has 0 unspecified atom stereocenters. The zero-order valence-corrected chi connectivity index (χ0v) is 17.6. The van der Waals surface area contributed by atoms with Gasteiger partial charge in [-0.2, -0.15) is 4.31 Å². The fraction of sp³-hybridized carbons (Fsp3) is 0.400. The Morgan fingerprint density at radius 3 is 2.66 bits per heavy atom. The van der Waals surface area contributed by atoms with Crippen molar-refractivity contribution in [3.8, 4) is 0 Å². The fourth-order valence-electron chi connectivity index (χ4n) is 4.33. The number of H-pyrrole nitrogens is 1. The molecule has 0 amide bonds. The average Bonchev–Trinajstić information content (AvgIpc) is 3.30. The van der Waals surface area contributed by atoms with Crippen molar-refractivity contribution in [3.05, 3.63) is 57.0 Å². The van der Waals surface area contributed by atoms with E-state index in [-0.39, 0.29) is 5.56 Å². The van der Waals surface area contributed by atoms with Crippen molar-refractivity contribution >= 4 is 31.6 Å². The van der Waals surface area contributed by atoms with E-state index in [0.29, 0.717) is 43.4 Å². The van der Waals surface area contributed by atoms with Crippen molar-refractivity contribution in [1.29, 1.82) is 0 Å². The van der Waals surface area contributed by atoms with Crippen LogP contribution >= 0.6 is 11.3 Å². The minimum Gasteiger partial charge on any atom is -0.326 e. The lowest BCUT2D eigenvalue weighted by Crippen LogP contribution is -3.13. The van der Waals surface area contributed by atoms with Crippen molar-refractivity contribution in [2.75, 3.05) is 26.2 Å². The fourth-order valence-corrected chi connectivity index (χ4v) is 7.07. The summed E-state index contributed by atoms with van der Waals surface area (Å²) < 4.78 is 27.1. The zero-order chi connectivity index (χ0) is 20.0. The summed E-state index contributed by atoms with van der Waals surface area (Å²) in [6.45, 7) is 2.91. The third kappa shape index (κ3) is 3.42. The van der Waals surface area contributed by atoms with E-state index >= 15 is 0 Å². The number of benzene rings is 1. The molecule has 1 fully saturated rings. The molecule has 9 heteroatoms. The van der Waals surface area contributed by atoms with E-state index in [4.69, 9.17) is 4.98 Å². The highest BCUT2D eigenvalue weighted by Crippen LogP contribution is 2.34. The smallest absolute Gasteiger partial charge is 0.260 e. The number of hydrogen-bond acceptors (Lipinski definition) is 5. The predicted octanol–water partition coefficient (Wildman–Crippen LogP) is 0.563. The van der Waals surface area contributed by atoms with Crippen LogP contribution in [0.3, 0.4) is 0 Å². The van der Waals surface area contributed by atoms with Gasteiger partial charge in [0.1, 0.15) is 11.4 Å². The third-order valence-corrected chi connectivity index (χ3v) is 8.95. The molecule has 7 nitrogen and oxygen atoms in total. The van der Waals surface area contributed by atoms with E-state index < -0.39 is 10.0 Å². The number of piperazine rings is 1. The first-order valence-electron chi connectivity index (χ1n) is 9.94. The van der Waals surface area contributed by atoms with Crippen LogP contribution in [0.2, 0.25) is 0 Å². The number of hydrogen-bond donors (Lipinski definition) is 2. The standard InChI is InChI=1S/C20H22N4O3S2/c25-19-18-15-7-4-8-16(15)28-20(18)22-17(21-19)13-23-9-11-24(12-10-23)29(26,27)14-5-2-1-3-6-14/h1-3,5-6H,4,7-13H2,(H,21,22,25)/p+1. The molecule has 2 aromatic heterocycles. The molecule has 0 atom stereocenters. The molecule has 1 aromatic carbocycles. The number of sulfonamides is 1. The van der Waals surface area contributed by atoms with Gasteiger partial charge < -0.3 is 9.88 Å². The summed E-state index contributed by atoms with van der Waals surface area (Å²) in [5.74, 6) is 0.691. The maximum absolute atomic E-state index is 12.8.